The lowest BCUT2D eigenvalue weighted by Gasteiger charge is -2.27. The summed E-state index contributed by atoms with van der Waals surface area (Å²) in [5.74, 6) is -0.810. The summed E-state index contributed by atoms with van der Waals surface area (Å²) in [6.45, 7) is 5.41. The third kappa shape index (κ3) is 3.53. The SMILES string of the molecule is CCCC(C)(NC(=O)c1ncccc1C)C(=O)OC. The molecule has 0 aliphatic carbocycles. The molecule has 104 valence electrons. The van der Waals surface area contributed by atoms with Crippen molar-refractivity contribution in [3.05, 3.63) is 29.6 Å². The van der Waals surface area contributed by atoms with E-state index in [9.17, 15) is 9.59 Å². The average molecular weight is 264 g/mol. The second kappa shape index (κ2) is 6.31. The second-order valence-electron chi connectivity index (χ2n) is 4.70. The largest absolute Gasteiger partial charge is 0.467 e. The normalized spacial score (nSPS) is 13.5. The van der Waals surface area contributed by atoms with Gasteiger partial charge in [-0.25, -0.2) is 4.79 Å². The van der Waals surface area contributed by atoms with Gasteiger partial charge in [0.2, 0.25) is 0 Å². The predicted octanol–water partition coefficient (Wildman–Crippen LogP) is 1.85. The van der Waals surface area contributed by atoms with Crippen LogP contribution in [0.5, 0.6) is 0 Å². The molecular formula is C14H20N2O3. The molecule has 0 fully saturated rings. The van der Waals surface area contributed by atoms with Crippen LogP contribution < -0.4 is 5.32 Å². The van der Waals surface area contributed by atoms with Crippen LogP contribution in [0.2, 0.25) is 0 Å². The maximum Gasteiger partial charge on any atom is 0.331 e. The van der Waals surface area contributed by atoms with Crippen LogP contribution in [-0.4, -0.2) is 29.5 Å². The number of methoxy groups -OCH3 is 1. The Morgan fingerprint density at radius 2 is 2.16 bits per heavy atom. The smallest absolute Gasteiger partial charge is 0.331 e. The fourth-order valence-electron chi connectivity index (χ4n) is 1.97. The number of amides is 1. The van der Waals surface area contributed by atoms with Crippen LogP contribution in [0.25, 0.3) is 0 Å². The summed E-state index contributed by atoms with van der Waals surface area (Å²) < 4.78 is 4.76. The molecule has 0 radical (unpaired) electrons. The van der Waals surface area contributed by atoms with Crippen molar-refractivity contribution in [3.63, 3.8) is 0 Å². The Morgan fingerprint density at radius 1 is 1.47 bits per heavy atom. The second-order valence-corrected chi connectivity index (χ2v) is 4.70. The van der Waals surface area contributed by atoms with Crippen molar-refractivity contribution in [1.82, 2.24) is 10.3 Å². The Labute approximate surface area is 113 Å². The van der Waals surface area contributed by atoms with Crippen LogP contribution in [0.3, 0.4) is 0 Å². The van der Waals surface area contributed by atoms with E-state index in [1.54, 1.807) is 32.2 Å². The number of esters is 1. The molecule has 0 aliphatic heterocycles. The number of ether oxygens (including phenoxy) is 1. The molecule has 1 unspecified atom stereocenters. The van der Waals surface area contributed by atoms with Crippen LogP contribution >= 0.6 is 0 Å². The summed E-state index contributed by atoms with van der Waals surface area (Å²) in [6.07, 6.45) is 2.82. The first kappa shape index (κ1) is 15.1. The number of nitrogens with one attached hydrogen (secondary N) is 1. The fourth-order valence-corrected chi connectivity index (χ4v) is 1.97. The summed E-state index contributed by atoms with van der Waals surface area (Å²) in [4.78, 5) is 28.1. The molecule has 1 heterocycles. The molecule has 1 aromatic rings. The number of carbonyl (C=O) groups is 2. The van der Waals surface area contributed by atoms with Crippen molar-refractivity contribution in [2.75, 3.05) is 7.11 Å². The minimum atomic E-state index is -1.02. The van der Waals surface area contributed by atoms with Gasteiger partial charge < -0.3 is 10.1 Å². The lowest BCUT2D eigenvalue weighted by atomic mass is 9.95. The number of nitrogens with zero attached hydrogens (tertiary/aromatic N) is 1. The molecule has 5 heteroatoms. The van der Waals surface area contributed by atoms with Crippen LogP contribution in [0.1, 0.15) is 42.7 Å². The van der Waals surface area contributed by atoms with E-state index in [1.807, 2.05) is 6.92 Å². The van der Waals surface area contributed by atoms with Gasteiger partial charge in [0.15, 0.2) is 0 Å². The van der Waals surface area contributed by atoms with E-state index in [0.717, 1.165) is 12.0 Å². The summed E-state index contributed by atoms with van der Waals surface area (Å²) in [7, 11) is 1.31. The minimum absolute atomic E-state index is 0.328. The highest BCUT2D eigenvalue weighted by atomic mass is 16.5. The molecule has 0 aliphatic rings. The Balaban J connectivity index is 2.95. The first-order valence-corrected chi connectivity index (χ1v) is 6.27. The van der Waals surface area contributed by atoms with Gasteiger partial charge in [-0.15, -0.1) is 0 Å². The minimum Gasteiger partial charge on any atom is -0.467 e. The van der Waals surface area contributed by atoms with Gasteiger partial charge >= 0.3 is 5.97 Å². The van der Waals surface area contributed by atoms with Crippen LogP contribution in [-0.2, 0) is 9.53 Å². The molecule has 0 bridgehead atoms. The van der Waals surface area contributed by atoms with Crippen molar-refractivity contribution in [2.45, 2.75) is 39.2 Å². The highest BCUT2D eigenvalue weighted by Gasteiger charge is 2.35. The van der Waals surface area contributed by atoms with Gasteiger partial charge in [-0.1, -0.05) is 19.4 Å². The molecule has 1 amide bonds. The van der Waals surface area contributed by atoms with Crippen LogP contribution in [0.15, 0.2) is 18.3 Å². The van der Waals surface area contributed by atoms with E-state index in [0.29, 0.717) is 12.1 Å². The lowest BCUT2D eigenvalue weighted by Crippen LogP contribution is -2.53. The molecule has 19 heavy (non-hydrogen) atoms. The van der Waals surface area contributed by atoms with Crippen molar-refractivity contribution in [3.8, 4) is 0 Å². The zero-order chi connectivity index (χ0) is 14.5. The number of hydrogen-bond donors (Lipinski definition) is 1. The van der Waals surface area contributed by atoms with Gasteiger partial charge in [0.1, 0.15) is 11.2 Å². The number of carbonyl (C=O) groups excluding carboxylic acids is 2. The summed E-state index contributed by atoms with van der Waals surface area (Å²) in [5.41, 5.74) is 0.0716. The molecule has 1 rings (SSSR count). The summed E-state index contributed by atoms with van der Waals surface area (Å²) in [5, 5.41) is 2.73. The van der Waals surface area contributed by atoms with Crippen LogP contribution in [0.4, 0.5) is 0 Å². The van der Waals surface area contributed by atoms with E-state index in [2.05, 4.69) is 10.3 Å². The van der Waals surface area contributed by atoms with Crippen LogP contribution in [0, 0.1) is 6.92 Å². The van der Waals surface area contributed by atoms with Crippen molar-refractivity contribution in [2.24, 2.45) is 0 Å². The molecule has 0 saturated heterocycles. The maximum atomic E-state index is 12.2. The first-order chi connectivity index (χ1) is 8.94. The molecule has 0 saturated carbocycles. The van der Waals surface area contributed by atoms with E-state index in [4.69, 9.17) is 4.74 Å². The quantitative estimate of drug-likeness (QED) is 0.824. The molecule has 1 atom stereocenters. The highest BCUT2D eigenvalue weighted by Crippen LogP contribution is 2.16. The molecule has 0 aromatic carbocycles. The Hall–Kier alpha value is -1.91. The molecule has 1 aromatic heterocycles. The Kier molecular flexibility index (Phi) is 5.03. The van der Waals surface area contributed by atoms with Gasteiger partial charge in [0.05, 0.1) is 7.11 Å². The van der Waals surface area contributed by atoms with Crippen molar-refractivity contribution >= 4 is 11.9 Å². The van der Waals surface area contributed by atoms with Gasteiger partial charge in [-0.3, -0.25) is 9.78 Å². The average Bonchev–Trinajstić information content (AvgIpc) is 2.38. The van der Waals surface area contributed by atoms with E-state index >= 15 is 0 Å². The van der Waals surface area contributed by atoms with Crippen molar-refractivity contribution < 1.29 is 14.3 Å². The summed E-state index contributed by atoms with van der Waals surface area (Å²) >= 11 is 0. The maximum absolute atomic E-state index is 12.2. The lowest BCUT2D eigenvalue weighted by molar-refractivity contribution is -0.147. The number of pyridine rings is 1. The fraction of sp³-hybridized carbons (Fsp3) is 0.500. The predicted molar refractivity (Wildman–Crippen MR) is 71.8 cm³/mol. The van der Waals surface area contributed by atoms with E-state index < -0.39 is 11.5 Å². The van der Waals surface area contributed by atoms with Gasteiger partial charge in [0, 0.05) is 6.20 Å². The van der Waals surface area contributed by atoms with E-state index in [1.165, 1.54) is 7.11 Å². The molecule has 1 N–H and O–H groups in total. The molecule has 5 nitrogen and oxygen atoms in total. The standard InChI is InChI=1S/C14H20N2O3/c1-5-8-14(3,13(18)19-4)16-12(17)11-10(2)7-6-9-15-11/h6-7,9H,5,8H2,1-4H3,(H,16,17). The highest BCUT2D eigenvalue weighted by molar-refractivity contribution is 5.97. The monoisotopic (exact) mass is 264 g/mol. The zero-order valence-corrected chi connectivity index (χ0v) is 11.8. The first-order valence-electron chi connectivity index (χ1n) is 6.27. The van der Waals surface area contributed by atoms with Gasteiger partial charge in [-0.05, 0) is 31.9 Å². The molecular weight excluding hydrogens is 244 g/mol. The zero-order valence-electron chi connectivity index (χ0n) is 11.8. The summed E-state index contributed by atoms with van der Waals surface area (Å²) in [6, 6.07) is 3.56. The third-order valence-corrected chi connectivity index (χ3v) is 3.00. The Bertz CT molecular complexity index is 474. The van der Waals surface area contributed by atoms with Crippen molar-refractivity contribution in [1.29, 1.82) is 0 Å². The van der Waals surface area contributed by atoms with E-state index in [-0.39, 0.29) is 5.91 Å². The number of aromatic nitrogens is 1. The number of aryl methyl sites for hydroxylation is 1. The third-order valence-electron chi connectivity index (χ3n) is 3.00. The Morgan fingerprint density at radius 3 is 2.68 bits per heavy atom. The molecule has 0 spiro atoms. The number of hydrogen-bond acceptors (Lipinski definition) is 4. The topological polar surface area (TPSA) is 68.3 Å². The van der Waals surface area contributed by atoms with Gasteiger partial charge in [-0.2, -0.15) is 0 Å². The number of rotatable bonds is 5. The van der Waals surface area contributed by atoms with Gasteiger partial charge in [0.25, 0.3) is 5.91 Å².